The zero-order chi connectivity index (χ0) is 21.4. The molecule has 1 aliphatic heterocycles. The van der Waals surface area contributed by atoms with E-state index in [2.05, 4.69) is 15.1 Å². The molecule has 1 aliphatic rings. The molecule has 2 aromatic heterocycles. The van der Waals surface area contributed by atoms with Crippen molar-refractivity contribution in [1.29, 1.82) is 0 Å². The summed E-state index contributed by atoms with van der Waals surface area (Å²) in [5.41, 5.74) is 2.98. The first-order valence-corrected chi connectivity index (χ1v) is 10.5. The van der Waals surface area contributed by atoms with E-state index in [0.29, 0.717) is 31.2 Å². The first-order chi connectivity index (χ1) is 15.1. The number of carbonyl (C=O) groups excluding carboxylic acids is 1. The Morgan fingerprint density at radius 1 is 1.19 bits per heavy atom. The van der Waals surface area contributed by atoms with Crippen LogP contribution in [0, 0.1) is 0 Å². The maximum absolute atomic E-state index is 12.6. The summed E-state index contributed by atoms with van der Waals surface area (Å²) in [4.78, 5) is 22.3. The van der Waals surface area contributed by atoms with Crippen molar-refractivity contribution in [2.75, 3.05) is 6.54 Å². The van der Waals surface area contributed by atoms with Crippen LogP contribution in [-0.4, -0.2) is 38.6 Å². The SMILES string of the molecule is CC(C)Oc1ccc(CN2CC(c3noc(-c4cccc5[nH]ccc45)n3)CC2=O)cc1. The van der Waals surface area contributed by atoms with Crippen molar-refractivity contribution >= 4 is 16.8 Å². The van der Waals surface area contributed by atoms with Crippen LogP contribution in [0.2, 0.25) is 0 Å². The number of aromatic nitrogens is 3. The molecule has 7 heteroatoms. The monoisotopic (exact) mass is 416 g/mol. The lowest BCUT2D eigenvalue weighted by Crippen LogP contribution is -2.24. The number of likely N-dealkylation sites (tertiary alicyclic amines) is 1. The Morgan fingerprint density at radius 3 is 2.84 bits per heavy atom. The summed E-state index contributed by atoms with van der Waals surface area (Å²) in [6, 6.07) is 15.8. The van der Waals surface area contributed by atoms with Gasteiger partial charge in [0.1, 0.15) is 5.75 Å². The Hall–Kier alpha value is -3.61. The fraction of sp³-hybridized carbons (Fsp3) is 0.292. The Labute approximate surface area is 180 Å². The second kappa shape index (κ2) is 7.91. The van der Waals surface area contributed by atoms with E-state index in [-0.39, 0.29) is 17.9 Å². The lowest BCUT2D eigenvalue weighted by atomic mass is 10.1. The second-order valence-electron chi connectivity index (χ2n) is 8.19. The fourth-order valence-corrected chi connectivity index (χ4v) is 4.05. The van der Waals surface area contributed by atoms with Gasteiger partial charge >= 0.3 is 0 Å². The molecule has 1 N–H and O–H groups in total. The third kappa shape index (κ3) is 3.91. The van der Waals surface area contributed by atoms with Gasteiger partial charge in [0.25, 0.3) is 5.89 Å². The molecule has 1 unspecified atom stereocenters. The van der Waals surface area contributed by atoms with E-state index in [0.717, 1.165) is 27.8 Å². The molecule has 1 fully saturated rings. The first kappa shape index (κ1) is 19.4. The van der Waals surface area contributed by atoms with Crippen LogP contribution in [0.4, 0.5) is 0 Å². The number of amides is 1. The minimum absolute atomic E-state index is 0.0704. The molecule has 4 aromatic rings. The van der Waals surface area contributed by atoms with Crippen molar-refractivity contribution in [2.45, 2.75) is 38.8 Å². The highest BCUT2D eigenvalue weighted by Crippen LogP contribution is 2.31. The summed E-state index contributed by atoms with van der Waals surface area (Å²) in [5.74, 6) is 1.93. The molecule has 0 radical (unpaired) electrons. The number of fused-ring (bicyclic) bond motifs is 1. The molecule has 7 nitrogen and oxygen atoms in total. The van der Waals surface area contributed by atoms with E-state index in [1.807, 2.05) is 73.5 Å². The third-order valence-corrected chi connectivity index (χ3v) is 5.52. The number of aromatic amines is 1. The maximum atomic E-state index is 12.6. The fourth-order valence-electron chi connectivity index (χ4n) is 4.05. The topological polar surface area (TPSA) is 84.2 Å². The standard InChI is InChI=1S/C24H24N4O3/c1-15(2)30-18-8-6-16(7-9-18)13-28-14-17(12-22(28)29)23-26-24(31-27-23)20-4-3-5-21-19(20)10-11-25-21/h3-11,15,17,25H,12-14H2,1-2H3. The van der Waals surface area contributed by atoms with Crippen LogP contribution in [0.15, 0.2) is 59.3 Å². The predicted molar refractivity (Wildman–Crippen MR) is 117 cm³/mol. The Morgan fingerprint density at radius 2 is 2.03 bits per heavy atom. The molecule has 3 heterocycles. The highest BCUT2D eigenvalue weighted by Gasteiger charge is 2.34. The summed E-state index contributed by atoms with van der Waals surface area (Å²) in [6.45, 7) is 5.14. The van der Waals surface area contributed by atoms with E-state index in [1.54, 1.807) is 0 Å². The molecule has 2 aromatic carbocycles. The van der Waals surface area contributed by atoms with Crippen LogP contribution >= 0.6 is 0 Å². The maximum Gasteiger partial charge on any atom is 0.258 e. The largest absolute Gasteiger partial charge is 0.491 e. The molecule has 0 spiro atoms. The molecule has 1 amide bonds. The summed E-state index contributed by atoms with van der Waals surface area (Å²) >= 11 is 0. The van der Waals surface area contributed by atoms with Crippen LogP contribution < -0.4 is 4.74 Å². The number of nitrogens with one attached hydrogen (secondary N) is 1. The van der Waals surface area contributed by atoms with E-state index in [9.17, 15) is 4.79 Å². The van der Waals surface area contributed by atoms with E-state index < -0.39 is 0 Å². The van der Waals surface area contributed by atoms with Crippen molar-refractivity contribution in [3.05, 3.63) is 66.1 Å². The average Bonchev–Trinajstić information content (AvgIpc) is 3.49. The Kier molecular flexibility index (Phi) is 4.94. The van der Waals surface area contributed by atoms with Crippen LogP contribution in [0.5, 0.6) is 5.75 Å². The number of H-pyrrole nitrogens is 1. The number of hydrogen-bond donors (Lipinski definition) is 1. The van der Waals surface area contributed by atoms with Crippen molar-refractivity contribution in [3.63, 3.8) is 0 Å². The second-order valence-corrected chi connectivity index (χ2v) is 8.19. The zero-order valence-electron chi connectivity index (χ0n) is 17.5. The first-order valence-electron chi connectivity index (χ1n) is 10.5. The van der Waals surface area contributed by atoms with Crippen LogP contribution in [-0.2, 0) is 11.3 Å². The van der Waals surface area contributed by atoms with Gasteiger partial charge in [-0.3, -0.25) is 4.79 Å². The number of ether oxygens (including phenoxy) is 1. The van der Waals surface area contributed by atoms with Gasteiger partial charge in [-0.15, -0.1) is 0 Å². The molecule has 1 atom stereocenters. The van der Waals surface area contributed by atoms with Crippen molar-refractivity contribution < 1.29 is 14.1 Å². The van der Waals surface area contributed by atoms with Gasteiger partial charge in [-0.25, -0.2) is 0 Å². The number of rotatable bonds is 6. The van der Waals surface area contributed by atoms with Crippen LogP contribution in [0.1, 0.15) is 37.6 Å². The number of benzene rings is 2. The highest BCUT2D eigenvalue weighted by molar-refractivity contribution is 5.92. The van der Waals surface area contributed by atoms with Gasteiger partial charge in [-0.1, -0.05) is 23.4 Å². The van der Waals surface area contributed by atoms with Gasteiger partial charge in [0.15, 0.2) is 5.82 Å². The summed E-state index contributed by atoms with van der Waals surface area (Å²) < 4.78 is 11.2. The average molecular weight is 416 g/mol. The molecule has 1 saturated heterocycles. The van der Waals surface area contributed by atoms with Crippen LogP contribution in [0.25, 0.3) is 22.4 Å². The molecular formula is C24H24N4O3. The van der Waals surface area contributed by atoms with Crippen LogP contribution in [0.3, 0.4) is 0 Å². The smallest absolute Gasteiger partial charge is 0.258 e. The summed E-state index contributed by atoms with van der Waals surface area (Å²) in [7, 11) is 0. The molecular weight excluding hydrogens is 392 g/mol. The lowest BCUT2D eigenvalue weighted by Gasteiger charge is -2.17. The Bertz CT molecular complexity index is 1210. The minimum Gasteiger partial charge on any atom is -0.491 e. The molecule has 0 aliphatic carbocycles. The summed E-state index contributed by atoms with van der Waals surface area (Å²) in [6.07, 6.45) is 2.42. The quantitative estimate of drug-likeness (QED) is 0.500. The number of nitrogens with zero attached hydrogens (tertiary/aromatic N) is 3. The predicted octanol–water partition coefficient (Wildman–Crippen LogP) is 4.52. The van der Waals surface area contributed by atoms with Gasteiger partial charge in [-0.2, -0.15) is 4.98 Å². The van der Waals surface area contributed by atoms with E-state index in [1.165, 1.54) is 0 Å². The van der Waals surface area contributed by atoms with Gasteiger partial charge in [0.05, 0.1) is 6.10 Å². The molecule has 158 valence electrons. The number of hydrogen-bond acceptors (Lipinski definition) is 5. The third-order valence-electron chi connectivity index (χ3n) is 5.52. The van der Waals surface area contributed by atoms with Crippen molar-refractivity contribution in [3.8, 4) is 17.2 Å². The van der Waals surface area contributed by atoms with Gasteiger partial charge in [-0.05, 0) is 49.7 Å². The minimum atomic E-state index is -0.0704. The molecule has 0 saturated carbocycles. The molecule has 31 heavy (non-hydrogen) atoms. The van der Waals surface area contributed by atoms with Gasteiger partial charge in [0.2, 0.25) is 5.91 Å². The van der Waals surface area contributed by atoms with Gasteiger partial charge < -0.3 is 19.1 Å². The normalized spacial score (nSPS) is 16.5. The highest BCUT2D eigenvalue weighted by atomic mass is 16.5. The van der Waals surface area contributed by atoms with Crippen molar-refractivity contribution in [2.24, 2.45) is 0 Å². The number of carbonyl (C=O) groups is 1. The van der Waals surface area contributed by atoms with E-state index in [4.69, 9.17) is 9.26 Å². The Balaban J connectivity index is 1.29. The molecule has 0 bridgehead atoms. The lowest BCUT2D eigenvalue weighted by molar-refractivity contribution is -0.128. The zero-order valence-corrected chi connectivity index (χ0v) is 17.5. The van der Waals surface area contributed by atoms with E-state index >= 15 is 0 Å². The molecule has 5 rings (SSSR count). The van der Waals surface area contributed by atoms with Crippen molar-refractivity contribution in [1.82, 2.24) is 20.0 Å². The summed E-state index contributed by atoms with van der Waals surface area (Å²) in [5, 5.41) is 5.22. The van der Waals surface area contributed by atoms with Gasteiger partial charge in [0, 0.05) is 48.1 Å².